The van der Waals surface area contributed by atoms with Gasteiger partial charge in [-0.25, -0.2) is 0 Å². The molecule has 0 aliphatic rings. The fourth-order valence-corrected chi connectivity index (χ4v) is 3.00. The second kappa shape index (κ2) is 8.11. The van der Waals surface area contributed by atoms with Crippen molar-refractivity contribution in [3.8, 4) is 5.75 Å². The first-order chi connectivity index (χ1) is 8.59. The SMILES string of the molecule is O=S(=O)(O)c1cc(S(=O)(=O)O)c2cc(O)ccc2c1.[KH].[KH]. The van der Waals surface area contributed by atoms with Crippen LogP contribution in [0.1, 0.15) is 0 Å². The van der Waals surface area contributed by atoms with E-state index in [0.717, 1.165) is 12.1 Å². The van der Waals surface area contributed by atoms with Gasteiger partial charge >= 0.3 is 103 Å². The Kier molecular flexibility index (Phi) is 8.73. The van der Waals surface area contributed by atoms with E-state index in [4.69, 9.17) is 9.11 Å². The molecule has 0 radical (unpaired) electrons. The van der Waals surface area contributed by atoms with Gasteiger partial charge < -0.3 is 5.11 Å². The van der Waals surface area contributed by atoms with Crippen LogP contribution in [0.15, 0.2) is 40.1 Å². The monoisotopic (exact) mass is 384 g/mol. The summed E-state index contributed by atoms with van der Waals surface area (Å²) < 4.78 is 62.6. The van der Waals surface area contributed by atoms with Gasteiger partial charge in [-0.2, -0.15) is 16.8 Å². The molecule has 7 nitrogen and oxygen atoms in total. The Morgan fingerprint density at radius 2 is 1.38 bits per heavy atom. The van der Waals surface area contributed by atoms with E-state index in [0.29, 0.717) is 6.07 Å². The van der Waals surface area contributed by atoms with E-state index >= 15 is 0 Å². The Labute approximate surface area is 206 Å². The molecular formula is C10H10K2O7S2. The summed E-state index contributed by atoms with van der Waals surface area (Å²) >= 11 is 0. The van der Waals surface area contributed by atoms with Crippen molar-refractivity contribution in [3.05, 3.63) is 30.3 Å². The Balaban J connectivity index is 0.00000200. The van der Waals surface area contributed by atoms with Gasteiger partial charge in [0.2, 0.25) is 0 Å². The molecule has 2 aromatic carbocycles. The Hall–Kier alpha value is 1.59. The first-order valence-electron chi connectivity index (χ1n) is 4.81. The second-order valence-corrected chi connectivity index (χ2v) is 6.59. The van der Waals surface area contributed by atoms with E-state index in [1.165, 1.54) is 12.1 Å². The summed E-state index contributed by atoms with van der Waals surface area (Å²) in [4.78, 5) is -1.38. The number of phenols is 1. The van der Waals surface area contributed by atoms with Gasteiger partial charge in [-0.15, -0.1) is 0 Å². The fourth-order valence-electron chi connectivity index (χ4n) is 1.65. The first kappa shape index (κ1) is 22.6. The molecule has 0 bridgehead atoms. The molecule has 0 unspecified atom stereocenters. The maximum absolute atomic E-state index is 11.2. The number of hydrogen-bond donors (Lipinski definition) is 3. The molecule has 0 atom stereocenters. The van der Waals surface area contributed by atoms with Gasteiger partial charge in [-0.3, -0.25) is 9.11 Å². The predicted molar refractivity (Wildman–Crippen MR) is 79.5 cm³/mol. The van der Waals surface area contributed by atoms with Gasteiger partial charge in [-0.1, -0.05) is 6.07 Å². The number of aromatic hydroxyl groups is 1. The Bertz CT molecular complexity index is 876. The molecule has 11 heteroatoms. The summed E-state index contributed by atoms with van der Waals surface area (Å²) in [5.74, 6) is -0.253. The number of fused-ring (bicyclic) bond motifs is 1. The number of hydrogen-bond acceptors (Lipinski definition) is 5. The summed E-state index contributed by atoms with van der Waals surface area (Å²) in [5, 5.41) is 9.37. The third-order valence-electron chi connectivity index (χ3n) is 2.45. The van der Waals surface area contributed by atoms with Crippen molar-refractivity contribution >= 4 is 134 Å². The van der Waals surface area contributed by atoms with E-state index in [1.54, 1.807) is 0 Å². The van der Waals surface area contributed by atoms with E-state index in [-0.39, 0.29) is 119 Å². The van der Waals surface area contributed by atoms with Crippen LogP contribution in [0.25, 0.3) is 10.8 Å². The summed E-state index contributed by atoms with van der Waals surface area (Å²) in [6.45, 7) is 0. The van der Waals surface area contributed by atoms with Gasteiger partial charge in [-0.05, 0) is 29.7 Å². The van der Waals surface area contributed by atoms with Crippen LogP contribution in [0.2, 0.25) is 0 Å². The molecule has 2 rings (SSSR count). The Morgan fingerprint density at radius 3 is 1.86 bits per heavy atom. The quantitative estimate of drug-likeness (QED) is 0.480. The van der Waals surface area contributed by atoms with Gasteiger partial charge in [0.15, 0.2) is 0 Å². The predicted octanol–water partition coefficient (Wildman–Crippen LogP) is -0.258. The molecule has 21 heavy (non-hydrogen) atoms. The maximum atomic E-state index is 11.2. The van der Waals surface area contributed by atoms with Crippen molar-refractivity contribution in [1.82, 2.24) is 0 Å². The topological polar surface area (TPSA) is 129 Å². The summed E-state index contributed by atoms with van der Waals surface area (Å²) in [5.41, 5.74) is 0. The van der Waals surface area contributed by atoms with Crippen molar-refractivity contribution in [2.24, 2.45) is 0 Å². The van der Waals surface area contributed by atoms with Crippen LogP contribution in [-0.2, 0) is 20.2 Å². The molecule has 2 aromatic rings. The van der Waals surface area contributed by atoms with Gasteiger partial charge in [0, 0.05) is 5.39 Å². The van der Waals surface area contributed by atoms with Crippen molar-refractivity contribution < 1.29 is 31.0 Å². The van der Waals surface area contributed by atoms with Crippen LogP contribution < -0.4 is 0 Å². The van der Waals surface area contributed by atoms with Crippen molar-refractivity contribution in [3.63, 3.8) is 0 Å². The van der Waals surface area contributed by atoms with Crippen LogP contribution in [0.5, 0.6) is 5.75 Å². The summed E-state index contributed by atoms with van der Waals surface area (Å²) in [6, 6.07) is 5.18. The molecule has 106 valence electrons. The molecular weight excluding hydrogens is 374 g/mol. The summed E-state index contributed by atoms with van der Waals surface area (Å²) in [7, 11) is -9.34. The summed E-state index contributed by atoms with van der Waals surface area (Å²) in [6.07, 6.45) is 0. The third kappa shape index (κ3) is 5.57. The van der Waals surface area contributed by atoms with E-state index in [9.17, 15) is 21.9 Å². The number of rotatable bonds is 2. The van der Waals surface area contributed by atoms with Crippen molar-refractivity contribution in [2.45, 2.75) is 9.79 Å². The van der Waals surface area contributed by atoms with Crippen molar-refractivity contribution in [1.29, 1.82) is 0 Å². The van der Waals surface area contributed by atoms with Crippen LogP contribution >= 0.6 is 0 Å². The molecule has 3 N–H and O–H groups in total. The minimum atomic E-state index is -4.72. The molecule has 0 saturated heterocycles. The molecule has 0 amide bonds. The molecule has 0 fully saturated rings. The third-order valence-corrected chi connectivity index (χ3v) is 4.17. The fraction of sp³-hybridized carbons (Fsp3) is 0. The number of benzene rings is 2. The second-order valence-electron chi connectivity index (χ2n) is 3.78. The van der Waals surface area contributed by atoms with Gasteiger partial charge in [0.05, 0.1) is 4.90 Å². The van der Waals surface area contributed by atoms with Gasteiger partial charge in [0.1, 0.15) is 10.6 Å². The van der Waals surface area contributed by atoms with Crippen LogP contribution in [0.3, 0.4) is 0 Å². The zero-order valence-corrected chi connectivity index (χ0v) is 10.8. The average molecular weight is 385 g/mol. The standard InChI is InChI=1S/C10H8O7S2.2K.2H/c11-7-2-1-6-3-8(18(12,13)14)5-10(9(6)4-7)19(15,16)17;;;;/h1-5,11H,(H,12,13,14)(H,15,16,17);;;;. The van der Waals surface area contributed by atoms with Crippen LogP contribution in [0.4, 0.5) is 0 Å². The molecule has 0 saturated carbocycles. The molecule has 0 aromatic heterocycles. The molecule has 0 aliphatic heterocycles. The Morgan fingerprint density at radius 1 is 0.810 bits per heavy atom. The van der Waals surface area contributed by atoms with E-state index in [2.05, 4.69) is 0 Å². The molecule has 0 spiro atoms. The van der Waals surface area contributed by atoms with Crippen LogP contribution in [-0.4, -0.2) is 134 Å². The van der Waals surface area contributed by atoms with E-state index < -0.39 is 30.0 Å². The molecule has 0 aliphatic carbocycles. The zero-order valence-electron chi connectivity index (χ0n) is 9.18. The molecule has 0 heterocycles. The van der Waals surface area contributed by atoms with E-state index in [1.807, 2.05) is 0 Å². The zero-order chi connectivity index (χ0) is 14.4. The van der Waals surface area contributed by atoms with Gasteiger partial charge in [0.25, 0.3) is 20.2 Å². The normalized spacial score (nSPS) is 11.5. The average Bonchev–Trinajstić information content (AvgIpc) is 2.24. The van der Waals surface area contributed by atoms with Crippen molar-refractivity contribution in [2.75, 3.05) is 0 Å². The minimum absolute atomic E-state index is 0. The number of phenolic OH excluding ortho intramolecular Hbond substituents is 1. The van der Waals surface area contributed by atoms with Crippen LogP contribution in [0, 0.1) is 0 Å². The first-order valence-corrected chi connectivity index (χ1v) is 7.69.